The maximum absolute atomic E-state index is 12.7. The van der Waals surface area contributed by atoms with Gasteiger partial charge in [-0.3, -0.25) is 4.79 Å². The smallest absolute Gasteiger partial charge is 0.268 e. The average molecular weight is 326 g/mol. The van der Waals surface area contributed by atoms with E-state index in [2.05, 4.69) is 23.3 Å². The molecule has 0 radical (unpaired) electrons. The molecule has 0 fully saturated rings. The van der Waals surface area contributed by atoms with Gasteiger partial charge >= 0.3 is 0 Å². The van der Waals surface area contributed by atoms with E-state index in [0.29, 0.717) is 18.7 Å². The third-order valence-corrected chi connectivity index (χ3v) is 4.14. The standard InChI is InChI=1S/C19H22N2O3/c1-12-9-13(2)14-11-17(20-16(14)10-12)19(22)21-15(6-8-23-3)18-5-4-7-24-18/h4-5,7,9-11,15,20H,6,8H2,1-3H3,(H,21,22)/t15-/m1/s1. The van der Waals surface area contributed by atoms with Crippen molar-refractivity contribution >= 4 is 16.8 Å². The van der Waals surface area contributed by atoms with Gasteiger partial charge in [-0.2, -0.15) is 0 Å². The molecule has 2 heterocycles. The van der Waals surface area contributed by atoms with Crippen LogP contribution in [0.1, 0.15) is 39.8 Å². The van der Waals surface area contributed by atoms with E-state index in [0.717, 1.165) is 22.2 Å². The van der Waals surface area contributed by atoms with Gasteiger partial charge in [0.1, 0.15) is 11.5 Å². The number of ether oxygens (including phenoxy) is 1. The van der Waals surface area contributed by atoms with E-state index < -0.39 is 0 Å². The summed E-state index contributed by atoms with van der Waals surface area (Å²) in [4.78, 5) is 15.9. The van der Waals surface area contributed by atoms with E-state index in [9.17, 15) is 4.79 Å². The second-order valence-corrected chi connectivity index (χ2v) is 6.05. The minimum atomic E-state index is -0.221. The van der Waals surface area contributed by atoms with Crippen LogP contribution in [0.2, 0.25) is 0 Å². The molecule has 0 spiro atoms. The maximum atomic E-state index is 12.7. The molecule has 0 aliphatic rings. The summed E-state index contributed by atoms with van der Waals surface area (Å²) in [5, 5.41) is 4.09. The van der Waals surface area contributed by atoms with Gasteiger partial charge in [0.2, 0.25) is 0 Å². The highest BCUT2D eigenvalue weighted by Gasteiger charge is 2.19. The lowest BCUT2D eigenvalue weighted by atomic mass is 10.1. The van der Waals surface area contributed by atoms with Crippen molar-refractivity contribution in [3.05, 3.63) is 59.2 Å². The summed E-state index contributed by atoms with van der Waals surface area (Å²) < 4.78 is 10.6. The lowest BCUT2D eigenvalue weighted by Crippen LogP contribution is -2.29. The highest BCUT2D eigenvalue weighted by Crippen LogP contribution is 2.23. The Bertz CT molecular complexity index is 834. The number of carbonyl (C=O) groups excluding carboxylic acids is 1. The molecule has 0 unspecified atom stereocenters. The summed E-state index contributed by atoms with van der Waals surface area (Å²) >= 11 is 0. The van der Waals surface area contributed by atoms with Crippen LogP contribution in [0, 0.1) is 13.8 Å². The first-order valence-corrected chi connectivity index (χ1v) is 8.01. The molecule has 2 aromatic heterocycles. The number of amides is 1. The second-order valence-electron chi connectivity index (χ2n) is 6.05. The molecule has 0 saturated heterocycles. The third-order valence-electron chi connectivity index (χ3n) is 4.14. The lowest BCUT2D eigenvalue weighted by Gasteiger charge is -2.15. The van der Waals surface area contributed by atoms with Crippen LogP contribution >= 0.6 is 0 Å². The summed E-state index contributed by atoms with van der Waals surface area (Å²) in [5.74, 6) is 0.573. The fourth-order valence-corrected chi connectivity index (χ4v) is 2.97. The molecule has 0 aliphatic carbocycles. The van der Waals surface area contributed by atoms with Gasteiger partial charge in [-0.05, 0) is 55.7 Å². The summed E-state index contributed by atoms with van der Waals surface area (Å²) in [6, 6.07) is 9.52. The Labute approximate surface area is 141 Å². The van der Waals surface area contributed by atoms with Gasteiger partial charge in [0, 0.05) is 24.6 Å². The Morgan fingerprint density at radius 3 is 2.88 bits per heavy atom. The molecule has 0 saturated carbocycles. The maximum Gasteiger partial charge on any atom is 0.268 e. The number of aryl methyl sites for hydroxylation is 2. The van der Waals surface area contributed by atoms with Gasteiger partial charge in [-0.15, -0.1) is 0 Å². The zero-order valence-corrected chi connectivity index (χ0v) is 14.2. The summed E-state index contributed by atoms with van der Waals surface area (Å²) in [5.41, 5.74) is 3.85. The van der Waals surface area contributed by atoms with Crippen molar-refractivity contribution in [3.8, 4) is 0 Å². The zero-order valence-electron chi connectivity index (χ0n) is 14.2. The quantitative estimate of drug-likeness (QED) is 0.722. The average Bonchev–Trinajstić information content (AvgIpc) is 3.20. The second kappa shape index (κ2) is 6.93. The number of nitrogens with one attached hydrogen (secondary N) is 2. The number of furan rings is 1. The number of aromatic nitrogens is 1. The number of aromatic amines is 1. The summed E-state index contributed by atoms with van der Waals surface area (Å²) in [6.07, 6.45) is 2.25. The van der Waals surface area contributed by atoms with Crippen LogP contribution in [0.4, 0.5) is 0 Å². The van der Waals surface area contributed by atoms with Crippen LogP contribution in [0.3, 0.4) is 0 Å². The van der Waals surface area contributed by atoms with Crippen molar-refractivity contribution in [3.63, 3.8) is 0 Å². The molecule has 5 nitrogen and oxygen atoms in total. The Morgan fingerprint density at radius 2 is 2.17 bits per heavy atom. The van der Waals surface area contributed by atoms with Crippen LogP contribution in [-0.2, 0) is 4.74 Å². The fourth-order valence-electron chi connectivity index (χ4n) is 2.97. The minimum absolute atomic E-state index is 0.152. The Hall–Kier alpha value is -2.53. The molecule has 1 atom stereocenters. The van der Waals surface area contributed by atoms with E-state index in [1.807, 2.05) is 31.2 Å². The summed E-state index contributed by atoms with van der Waals surface area (Å²) in [6.45, 7) is 4.64. The molecule has 0 aliphatic heterocycles. The molecule has 3 aromatic rings. The molecular formula is C19H22N2O3. The highest BCUT2D eigenvalue weighted by molar-refractivity contribution is 5.99. The van der Waals surface area contributed by atoms with Gasteiger partial charge in [0.15, 0.2) is 0 Å². The first-order chi connectivity index (χ1) is 11.6. The molecule has 2 N–H and O–H groups in total. The number of rotatable bonds is 6. The van der Waals surface area contributed by atoms with Crippen LogP contribution in [-0.4, -0.2) is 24.6 Å². The Morgan fingerprint density at radius 1 is 1.33 bits per heavy atom. The molecule has 5 heteroatoms. The van der Waals surface area contributed by atoms with Gasteiger partial charge in [-0.1, -0.05) is 6.07 Å². The number of hydrogen-bond acceptors (Lipinski definition) is 3. The monoisotopic (exact) mass is 326 g/mol. The Balaban J connectivity index is 1.83. The van der Waals surface area contributed by atoms with Crippen molar-refractivity contribution in [2.45, 2.75) is 26.3 Å². The molecule has 3 rings (SSSR count). The number of carbonyl (C=O) groups is 1. The summed E-state index contributed by atoms with van der Waals surface area (Å²) in [7, 11) is 1.64. The first kappa shape index (κ1) is 16.3. The SMILES string of the molecule is COCC[C@@H](NC(=O)c1cc2c(C)cc(C)cc2[nH]1)c1ccco1. The van der Waals surface area contributed by atoms with E-state index in [-0.39, 0.29) is 11.9 Å². The van der Waals surface area contributed by atoms with Gasteiger partial charge in [-0.25, -0.2) is 0 Å². The van der Waals surface area contributed by atoms with Crippen LogP contribution < -0.4 is 5.32 Å². The molecule has 24 heavy (non-hydrogen) atoms. The predicted octanol–water partition coefficient (Wildman–Crippen LogP) is 3.89. The third kappa shape index (κ3) is 3.36. The topological polar surface area (TPSA) is 67.3 Å². The highest BCUT2D eigenvalue weighted by atomic mass is 16.5. The van der Waals surface area contributed by atoms with E-state index in [4.69, 9.17) is 9.15 Å². The van der Waals surface area contributed by atoms with Gasteiger partial charge < -0.3 is 19.5 Å². The molecule has 1 amide bonds. The predicted molar refractivity (Wildman–Crippen MR) is 93.2 cm³/mol. The van der Waals surface area contributed by atoms with E-state index >= 15 is 0 Å². The van der Waals surface area contributed by atoms with Gasteiger partial charge in [0.25, 0.3) is 5.91 Å². The molecular weight excluding hydrogens is 304 g/mol. The fraction of sp³-hybridized carbons (Fsp3) is 0.316. The van der Waals surface area contributed by atoms with Gasteiger partial charge in [0.05, 0.1) is 12.3 Å². The van der Waals surface area contributed by atoms with E-state index in [1.165, 1.54) is 5.56 Å². The number of methoxy groups -OCH3 is 1. The van der Waals surface area contributed by atoms with Crippen molar-refractivity contribution in [2.24, 2.45) is 0 Å². The zero-order chi connectivity index (χ0) is 17.1. The molecule has 126 valence electrons. The number of benzene rings is 1. The Kier molecular flexibility index (Phi) is 4.71. The number of H-pyrrole nitrogens is 1. The van der Waals surface area contributed by atoms with E-state index in [1.54, 1.807) is 13.4 Å². The normalized spacial score (nSPS) is 12.5. The van der Waals surface area contributed by atoms with Crippen LogP contribution in [0.25, 0.3) is 10.9 Å². The lowest BCUT2D eigenvalue weighted by molar-refractivity contribution is 0.0913. The van der Waals surface area contributed by atoms with Crippen molar-refractivity contribution in [1.29, 1.82) is 0 Å². The minimum Gasteiger partial charge on any atom is -0.467 e. The van der Waals surface area contributed by atoms with Crippen LogP contribution in [0.5, 0.6) is 0 Å². The molecule has 0 bridgehead atoms. The first-order valence-electron chi connectivity index (χ1n) is 8.01. The largest absolute Gasteiger partial charge is 0.467 e. The number of fused-ring (bicyclic) bond motifs is 1. The van der Waals surface area contributed by atoms with Crippen molar-refractivity contribution in [1.82, 2.24) is 10.3 Å². The molecule has 1 aromatic carbocycles. The van der Waals surface area contributed by atoms with Crippen LogP contribution in [0.15, 0.2) is 41.0 Å². The van der Waals surface area contributed by atoms with Crippen molar-refractivity contribution < 1.29 is 13.9 Å². The number of hydrogen-bond donors (Lipinski definition) is 2. The van der Waals surface area contributed by atoms with Crippen molar-refractivity contribution in [2.75, 3.05) is 13.7 Å².